The number of ether oxygens (including phenoxy) is 3. The minimum absolute atomic E-state index is 0.232. The Balaban J connectivity index is 1.24. The molecule has 0 radical (unpaired) electrons. The van der Waals surface area contributed by atoms with Crippen molar-refractivity contribution in [2.75, 3.05) is 25.0 Å². The van der Waals surface area contributed by atoms with Crippen molar-refractivity contribution < 1.29 is 19.0 Å². The molecular formula is C31H35N5O4. The molecule has 9 nitrogen and oxygen atoms in total. The van der Waals surface area contributed by atoms with Crippen molar-refractivity contribution in [3.05, 3.63) is 66.1 Å². The van der Waals surface area contributed by atoms with Crippen molar-refractivity contribution in [2.24, 2.45) is 0 Å². The van der Waals surface area contributed by atoms with Crippen molar-refractivity contribution in [2.45, 2.75) is 58.3 Å². The molecule has 1 fully saturated rings. The zero-order chi connectivity index (χ0) is 27.7. The number of aromatic nitrogens is 3. The number of fused-ring (bicyclic) bond motifs is 2. The molecule has 2 aliphatic rings. The van der Waals surface area contributed by atoms with Crippen LogP contribution in [0.3, 0.4) is 0 Å². The highest BCUT2D eigenvalue weighted by Crippen LogP contribution is 2.38. The van der Waals surface area contributed by atoms with Gasteiger partial charge in [0.15, 0.2) is 0 Å². The number of H-pyrrole nitrogens is 1. The van der Waals surface area contributed by atoms with Gasteiger partial charge in [-0.3, -0.25) is 0 Å². The summed E-state index contributed by atoms with van der Waals surface area (Å²) in [6.07, 6.45) is 8.40. The van der Waals surface area contributed by atoms with Crippen molar-refractivity contribution >= 4 is 22.9 Å². The number of pyridine rings is 2. The monoisotopic (exact) mass is 541 g/mol. The summed E-state index contributed by atoms with van der Waals surface area (Å²) in [7, 11) is 0. The van der Waals surface area contributed by atoms with E-state index in [2.05, 4.69) is 26.3 Å². The molecule has 0 spiro atoms. The lowest BCUT2D eigenvalue weighted by atomic mass is 10.00. The molecule has 4 aromatic rings. The molecule has 1 amide bonds. The number of amides is 1. The summed E-state index contributed by atoms with van der Waals surface area (Å²) in [5, 5.41) is 4.31. The van der Waals surface area contributed by atoms with Crippen molar-refractivity contribution in [1.82, 2.24) is 19.9 Å². The van der Waals surface area contributed by atoms with E-state index in [1.54, 1.807) is 11.1 Å². The minimum atomic E-state index is -0.528. The maximum atomic E-state index is 12.7. The fourth-order valence-electron chi connectivity index (χ4n) is 5.26. The summed E-state index contributed by atoms with van der Waals surface area (Å²) in [5.41, 5.74) is 4.48. The van der Waals surface area contributed by atoms with E-state index in [1.165, 1.54) is 5.56 Å². The van der Waals surface area contributed by atoms with E-state index >= 15 is 0 Å². The first kappa shape index (κ1) is 26.1. The van der Waals surface area contributed by atoms with Gasteiger partial charge in [0.25, 0.3) is 0 Å². The predicted octanol–water partition coefficient (Wildman–Crippen LogP) is 6.30. The van der Waals surface area contributed by atoms with E-state index in [9.17, 15) is 4.79 Å². The number of carbonyl (C=O) groups is 1. The fraction of sp³-hybridized carbons (Fsp3) is 0.387. The molecule has 9 heteroatoms. The van der Waals surface area contributed by atoms with Crippen molar-refractivity contribution in [3.63, 3.8) is 0 Å². The largest absolute Gasteiger partial charge is 0.457 e. The van der Waals surface area contributed by atoms with Gasteiger partial charge < -0.3 is 29.4 Å². The Hall–Kier alpha value is -4.11. The van der Waals surface area contributed by atoms with Crippen LogP contribution in [0.1, 0.15) is 44.7 Å². The van der Waals surface area contributed by atoms with Gasteiger partial charge in [0.1, 0.15) is 28.6 Å². The van der Waals surface area contributed by atoms with Crippen LogP contribution in [0.25, 0.3) is 22.2 Å². The quantitative estimate of drug-likeness (QED) is 0.295. The third-order valence-corrected chi connectivity index (χ3v) is 7.21. The van der Waals surface area contributed by atoms with Gasteiger partial charge in [0, 0.05) is 50.4 Å². The molecule has 5 heterocycles. The molecule has 2 N–H and O–H groups in total. The van der Waals surface area contributed by atoms with Gasteiger partial charge in [-0.1, -0.05) is 6.07 Å². The average Bonchev–Trinajstić information content (AvgIpc) is 3.62. The molecule has 208 valence electrons. The summed E-state index contributed by atoms with van der Waals surface area (Å²) in [5.74, 6) is 2.21. The van der Waals surface area contributed by atoms with Gasteiger partial charge >= 0.3 is 6.09 Å². The molecule has 0 unspecified atom stereocenters. The number of hydrogen-bond acceptors (Lipinski definition) is 7. The SMILES string of the molecule is CC(C)(C)OC(=O)N1CCc2ccc(Oc3ccnc4[nH]cc(-c5ccnc(NC[C@H]6CCCO6)c5)c34)cc2C1. The number of benzene rings is 1. The van der Waals surface area contributed by atoms with Gasteiger partial charge in [-0.05, 0) is 87.1 Å². The molecule has 6 rings (SSSR count). The Morgan fingerprint density at radius 2 is 2.02 bits per heavy atom. The maximum absolute atomic E-state index is 12.7. The molecule has 3 aromatic heterocycles. The third kappa shape index (κ3) is 5.74. The number of rotatable bonds is 6. The number of hydrogen-bond donors (Lipinski definition) is 2. The van der Waals surface area contributed by atoms with E-state index in [1.807, 2.05) is 63.5 Å². The van der Waals surface area contributed by atoms with Crippen LogP contribution in [-0.2, 0) is 22.4 Å². The Bertz CT molecular complexity index is 1520. The summed E-state index contributed by atoms with van der Waals surface area (Å²) in [6.45, 7) is 8.34. The van der Waals surface area contributed by atoms with Gasteiger partial charge in [-0.2, -0.15) is 0 Å². The van der Waals surface area contributed by atoms with Crippen molar-refractivity contribution in [3.8, 4) is 22.6 Å². The number of carbonyl (C=O) groups excluding carboxylic acids is 1. The Morgan fingerprint density at radius 1 is 1.15 bits per heavy atom. The second kappa shape index (κ2) is 10.8. The average molecular weight is 542 g/mol. The molecular weight excluding hydrogens is 506 g/mol. The number of nitrogens with zero attached hydrogens (tertiary/aromatic N) is 3. The first-order valence-electron chi connectivity index (χ1n) is 13.9. The van der Waals surface area contributed by atoms with Crippen LogP contribution in [-0.4, -0.2) is 57.3 Å². The molecule has 1 aromatic carbocycles. The van der Waals surface area contributed by atoms with Crippen LogP contribution >= 0.6 is 0 Å². The van der Waals surface area contributed by atoms with Crippen molar-refractivity contribution in [1.29, 1.82) is 0 Å². The zero-order valence-electron chi connectivity index (χ0n) is 23.2. The summed E-state index contributed by atoms with van der Waals surface area (Å²) in [6, 6.07) is 12.0. The van der Waals surface area contributed by atoms with Crippen LogP contribution in [0.2, 0.25) is 0 Å². The Kier molecular flexibility index (Phi) is 7.06. The van der Waals surface area contributed by atoms with Crippen LogP contribution in [0.4, 0.5) is 10.6 Å². The van der Waals surface area contributed by atoms with Gasteiger partial charge in [0.2, 0.25) is 0 Å². The van der Waals surface area contributed by atoms with Crippen LogP contribution < -0.4 is 10.1 Å². The summed E-state index contributed by atoms with van der Waals surface area (Å²) < 4.78 is 17.8. The zero-order valence-corrected chi connectivity index (χ0v) is 23.2. The highest BCUT2D eigenvalue weighted by atomic mass is 16.6. The fourth-order valence-corrected chi connectivity index (χ4v) is 5.26. The number of anilines is 1. The highest BCUT2D eigenvalue weighted by molar-refractivity contribution is 5.98. The number of aromatic amines is 1. The molecule has 1 atom stereocenters. The van der Waals surface area contributed by atoms with E-state index in [0.29, 0.717) is 24.6 Å². The molecule has 0 aliphatic carbocycles. The Morgan fingerprint density at radius 3 is 2.85 bits per heavy atom. The van der Waals surface area contributed by atoms with Crippen LogP contribution in [0.5, 0.6) is 11.5 Å². The normalized spacial score (nSPS) is 17.1. The molecule has 0 bridgehead atoms. The predicted molar refractivity (Wildman–Crippen MR) is 154 cm³/mol. The van der Waals surface area contributed by atoms with E-state index < -0.39 is 5.60 Å². The highest BCUT2D eigenvalue weighted by Gasteiger charge is 2.26. The standard InChI is InChI=1S/C31H35N5O4/c1-31(2,3)40-30(37)36-13-10-20-6-7-23(15-22(20)19-36)39-26-9-12-33-29-28(26)25(18-35-29)21-8-11-32-27(16-21)34-17-24-5-4-14-38-24/h6-9,11-12,15-16,18,24H,4-5,10,13-14,17,19H2,1-3H3,(H,32,34)(H,33,35)/t24-/m1/s1. The molecule has 0 saturated carbocycles. The summed E-state index contributed by atoms with van der Waals surface area (Å²) >= 11 is 0. The lowest BCUT2D eigenvalue weighted by Crippen LogP contribution is -2.39. The first-order chi connectivity index (χ1) is 19.3. The van der Waals surface area contributed by atoms with Crippen LogP contribution in [0, 0.1) is 0 Å². The van der Waals surface area contributed by atoms with Gasteiger partial charge in [0.05, 0.1) is 11.5 Å². The second-order valence-corrected chi connectivity index (χ2v) is 11.4. The number of nitrogens with one attached hydrogen (secondary N) is 2. The first-order valence-corrected chi connectivity index (χ1v) is 13.9. The van der Waals surface area contributed by atoms with E-state index in [0.717, 1.165) is 66.0 Å². The second-order valence-electron chi connectivity index (χ2n) is 11.4. The Labute approximate surface area is 233 Å². The summed E-state index contributed by atoms with van der Waals surface area (Å²) in [4.78, 5) is 26.7. The van der Waals surface area contributed by atoms with Gasteiger partial charge in [-0.15, -0.1) is 0 Å². The topological polar surface area (TPSA) is 102 Å². The lowest BCUT2D eigenvalue weighted by molar-refractivity contribution is 0.0224. The molecule has 40 heavy (non-hydrogen) atoms. The third-order valence-electron chi connectivity index (χ3n) is 7.21. The molecule has 2 aliphatic heterocycles. The maximum Gasteiger partial charge on any atom is 0.410 e. The molecule has 1 saturated heterocycles. The van der Waals surface area contributed by atoms with E-state index in [4.69, 9.17) is 14.2 Å². The van der Waals surface area contributed by atoms with Crippen LogP contribution in [0.15, 0.2) is 55.0 Å². The smallest absolute Gasteiger partial charge is 0.410 e. The lowest BCUT2D eigenvalue weighted by Gasteiger charge is -2.31. The van der Waals surface area contributed by atoms with E-state index in [-0.39, 0.29) is 12.2 Å². The minimum Gasteiger partial charge on any atom is -0.457 e. The van der Waals surface area contributed by atoms with Gasteiger partial charge in [-0.25, -0.2) is 14.8 Å².